The predicted molar refractivity (Wildman–Crippen MR) is 92.7 cm³/mol. The Morgan fingerprint density at radius 3 is 2.08 bits per heavy atom. The van der Waals surface area contributed by atoms with E-state index in [1.165, 1.54) is 12.1 Å². The molecule has 2 N–H and O–H groups in total. The first-order valence-corrected chi connectivity index (χ1v) is 7.81. The fourth-order valence-corrected chi connectivity index (χ4v) is 2.56. The SMILES string of the molecule is CC(C)(N)c1ccc2cc(Oc3cccc(C(F)(F)F)c3)ccc2c1. The van der Waals surface area contributed by atoms with Crippen LogP contribution in [0.4, 0.5) is 13.2 Å². The van der Waals surface area contributed by atoms with E-state index in [0.717, 1.165) is 28.5 Å². The molecular weight excluding hydrogens is 327 g/mol. The Kier molecular flexibility index (Phi) is 4.21. The summed E-state index contributed by atoms with van der Waals surface area (Å²) in [6.07, 6.45) is -4.39. The summed E-state index contributed by atoms with van der Waals surface area (Å²) in [6.45, 7) is 3.86. The largest absolute Gasteiger partial charge is 0.457 e. The quantitative estimate of drug-likeness (QED) is 0.647. The molecule has 0 radical (unpaired) electrons. The van der Waals surface area contributed by atoms with E-state index in [-0.39, 0.29) is 5.75 Å². The second-order valence-corrected chi connectivity index (χ2v) is 6.57. The molecule has 0 fully saturated rings. The van der Waals surface area contributed by atoms with Crippen molar-refractivity contribution in [3.8, 4) is 11.5 Å². The molecule has 0 amide bonds. The van der Waals surface area contributed by atoms with Crippen LogP contribution in [0, 0.1) is 0 Å². The Labute approximate surface area is 144 Å². The van der Waals surface area contributed by atoms with Gasteiger partial charge in [-0.3, -0.25) is 0 Å². The fraction of sp³-hybridized carbons (Fsp3) is 0.200. The Morgan fingerprint density at radius 1 is 0.760 bits per heavy atom. The minimum absolute atomic E-state index is 0.147. The molecule has 0 aliphatic heterocycles. The minimum Gasteiger partial charge on any atom is -0.457 e. The summed E-state index contributed by atoms with van der Waals surface area (Å²) in [4.78, 5) is 0. The number of nitrogens with two attached hydrogens (primary N) is 1. The van der Waals surface area contributed by atoms with Crippen molar-refractivity contribution in [3.63, 3.8) is 0 Å². The van der Waals surface area contributed by atoms with Crippen molar-refractivity contribution < 1.29 is 17.9 Å². The van der Waals surface area contributed by atoms with Crippen molar-refractivity contribution >= 4 is 10.8 Å². The standard InChI is InChI=1S/C20H18F3NO/c1-19(2,24)15-8-6-14-11-18(9-7-13(14)10-15)25-17-5-3-4-16(12-17)20(21,22)23/h3-12H,24H2,1-2H3. The van der Waals surface area contributed by atoms with Gasteiger partial charge in [-0.25, -0.2) is 0 Å². The Balaban J connectivity index is 1.90. The third-order valence-electron chi connectivity index (χ3n) is 3.95. The minimum atomic E-state index is -4.39. The van der Waals surface area contributed by atoms with Crippen LogP contribution >= 0.6 is 0 Å². The molecule has 0 aromatic heterocycles. The van der Waals surface area contributed by atoms with Gasteiger partial charge < -0.3 is 10.5 Å². The Morgan fingerprint density at radius 2 is 1.40 bits per heavy atom. The molecule has 130 valence electrons. The molecule has 0 aliphatic rings. The van der Waals surface area contributed by atoms with E-state index in [9.17, 15) is 13.2 Å². The van der Waals surface area contributed by atoms with Crippen LogP contribution < -0.4 is 10.5 Å². The van der Waals surface area contributed by atoms with Gasteiger partial charge in [0.15, 0.2) is 0 Å². The molecule has 0 unspecified atom stereocenters. The maximum Gasteiger partial charge on any atom is 0.416 e. The maximum atomic E-state index is 12.8. The molecule has 2 nitrogen and oxygen atoms in total. The molecule has 5 heteroatoms. The van der Waals surface area contributed by atoms with E-state index in [1.807, 2.05) is 38.1 Å². The van der Waals surface area contributed by atoms with Gasteiger partial charge in [-0.2, -0.15) is 13.2 Å². The van der Waals surface area contributed by atoms with Crippen LogP contribution in [0.15, 0.2) is 60.7 Å². The fourth-order valence-electron chi connectivity index (χ4n) is 2.56. The zero-order valence-electron chi connectivity index (χ0n) is 13.9. The zero-order chi connectivity index (χ0) is 18.2. The van der Waals surface area contributed by atoms with Crippen LogP contribution in [0.2, 0.25) is 0 Å². The van der Waals surface area contributed by atoms with E-state index >= 15 is 0 Å². The molecule has 0 aliphatic carbocycles. The van der Waals surface area contributed by atoms with E-state index in [2.05, 4.69) is 0 Å². The van der Waals surface area contributed by atoms with Gasteiger partial charge in [-0.15, -0.1) is 0 Å². The highest BCUT2D eigenvalue weighted by molar-refractivity contribution is 5.84. The van der Waals surface area contributed by atoms with Crippen molar-refractivity contribution in [2.45, 2.75) is 25.6 Å². The van der Waals surface area contributed by atoms with Gasteiger partial charge in [0.1, 0.15) is 11.5 Å². The molecule has 0 spiro atoms. The van der Waals surface area contributed by atoms with Gasteiger partial charge >= 0.3 is 6.18 Å². The molecule has 3 rings (SSSR count). The molecule has 0 atom stereocenters. The highest BCUT2D eigenvalue weighted by Crippen LogP contribution is 2.33. The van der Waals surface area contributed by atoms with Crippen molar-refractivity contribution in [2.24, 2.45) is 5.73 Å². The van der Waals surface area contributed by atoms with Gasteiger partial charge in [0.05, 0.1) is 5.56 Å². The topological polar surface area (TPSA) is 35.2 Å². The van der Waals surface area contributed by atoms with Crippen molar-refractivity contribution in [1.82, 2.24) is 0 Å². The normalized spacial score (nSPS) is 12.4. The summed E-state index contributed by atoms with van der Waals surface area (Å²) in [5.74, 6) is 0.625. The molecule has 0 saturated carbocycles. The second kappa shape index (κ2) is 6.08. The average Bonchev–Trinajstić information content (AvgIpc) is 2.53. The van der Waals surface area contributed by atoms with E-state index in [1.54, 1.807) is 12.1 Å². The average molecular weight is 345 g/mol. The monoisotopic (exact) mass is 345 g/mol. The summed E-state index contributed by atoms with van der Waals surface area (Å²) in [6, 6.07) is 16.1. The summed E-state index contributed by atoms with van der Waals surface area (Å²) in [5.41, 5.74) is 5.94. The van der Waals surface area contributed by atoms with Gasteiger partial charge in [0, 0.05) is 5.54 Å². The van der Waals surface area contributed by atoms with E-state index < -0.39 is 17.3 Å². The molecular formula is C20H18F3NO. The van der Waals surface area contributed by atoms with Crippen molar-refractivity contribution in [1.29, 1.82) is 0 Å². The first-order valence-electron chi connectivity index (χ1n) is 7.81. The number of hydrogen-bond acceptors (Lipinski definition) is 2. The lowest BCUT2D eigenvalue weighted by Gasteiger charge is -2.19. The van der Waals surface area contributed by atoms with Crippen LogP contribution in [0.5, 0.6) is 11.5 Å². The lowest BCUT2D eigenvalue weighted by Crippen LogP contribution is -2.28. The lowest BCUT2D eigenvalue weighted by molar-refractivity contribution is -0.137. The summed E-state index contributed by atoms with van der Waals surface area (Å²) in [7, 11) is 0. The van der Waals surface area contributed by atoms with Crippen LogP contribution in [-0.2, 0) is 11.7 Å². The Hall–Kier alpha value is -2.53. The Bertz CT molecular complexity index is 911. The summed E-state index contributed by atoms with van der Waals surface area (Å²) < 4.78 is 43.9. The highest BCUT2D eigenvalue weighted by Gasteiger charge is 2.30. The van der Waals surface area contributed by atoms with E-state index in [0.29, 0.717) is 5.75 Å². The second-order valence-electron chi connectivity index (χ2n) is 6.57. The summed E-state index contributed by atoms with van der Waals surface area (Å²) >= 11 is 0. The zero-order valence-corrected chi connectivity index (χ0v) is 13.9. The molecule has 3 aromatic carbocycles. The van der Waals surface area contributed by atoms with Crippen LogP contribution in [0.3, 0.4) is 0 Å². The number of benzene rings is 3. The maximum absolute atomic E-state index is 12.8. The smallest absolute Gasteiger partial charge is 0.416 e. The van der Waals surface area contributed by atoms with Crippen molar-refractivity contribution in [3.05, 3.63) is 71.8 Å². The van der Waals surface area contributed by atoms with Crippen LogP contribution in [0.25, 0.3) is 10.8 Å². The predicted octanol–water partition coefficient (Wildman–Crippen LogP) is 5.84. The number of alkyl halides is 3. The number of fused-ring (bicyclic) bond motifs is 1. The first kappa shape index (κ1) is 17.3. The third-order valence-corrected chi connectivity index (χ3v) is 3.95. The molecule has 0 bridgehead atoms. The molecule has 3 aromatic rings. The van der Waals surface area contributed by atoms with Gasteiger partial charge in [-0.05, 0) is 66.6 Å². The lowest BCUT2D eigenvalue weighted by atomic mass is 9.93. The van der Waals surface area contributed by atoms with Crippen LogP contribution in [-0.4, -0.2) is 0 Å². The first-order chi connectivity index (χ1) is 11.6. The molecule has 25 heavy (non-hydrogen) atoms. The van der Waals surface area contributed by atoms with Gasteiger partial charge in [0.2, 0.25) is 0 Å². The highest BCUT2D eigenvalue weighted by atomic mass is 19.4. The molecule has 0 saturated heterocycles. The van der Waals surface area contributed by atoms with Gasteiger partial charge in [0.25, 0.3) is 0 Å². The number of rotatable bonds is 3. The number of hydrogen-bond donors (Lipinski definition) is 1. The summed E-state index contributed by atoms with van der Waals surface area (Å²) in [5, 5.41) is 1.92. The number of halogens is 3. The van der Waals surface area contributed by atoms with Gasteiger partial charge in [-0.1, -0.05) is 24.3 Å². The van der Waals surface area contributed by atoms with E-state index in [4.69, 9.17) is 10.5 Å². The number of ether oxygens (including phenoxy) is 1. The van der Waals surface area contributed by atoms with Crippen LogP contribution in [0.1, 0.15) is 25.0 Å². The van der Waals surface area contributed by atoms with Crippen molar-refractivity contribution in [2.75, 3.05) is 0 Å². The molecule has 0 heterocycles. The third kappa shape index (κ3) is 3.94.